The van der Waals surface area contributed by atoms with Gasteiger partial charge >= 0.3 is 0 Å². The zero-order chi connectivity index (χ0) is 29.0. The second kappa shape index (κ2) is 9.86. The lowest BCUT2D eigenvalue weighted by Gasteiger charge is -2.26. The van der Waals surface area contributed by atoms with E-state index in [9.17, 15) is 0 Å². The number of benzene rings is 8. The average molecular weight is 562 g/mol. The molecule has 206 valence electrons. The normalized spacial score (nSPS) is 11.6. The summed E-state index contributed by atoms with van der Waals surface area (Å²) in [7, 11) is 0. The molecular formula is C42H27NO. The van der Waals surface area contributed by atoms with E-state index in [0.717, 1.165) is 39.4 Å². The Bertz CT molecular complexity index is 2400. The van der Waals surface area contributed by atoms with Gasteiger partial charge in [-0.05, 0) is 86.8 Å². The number of rotatable bonds is 5. The molecule has 2 heteroatoms. The van der Waals surface area contributed by atoms with Crippen LogP contribution in [0, 0.1) is 0 Å². The summed E-state index contributed by atoms with van der Waals surface area (Å²) in [6.07, 6.45) is 0. The number of hydrogen-bond acceptors (Lipinski definition) is 2. The van der Waals surface area contributed by atoms with Crippen LogP contribution < -0.4 is 4.90 Å². The number of hydrogen-bond donors (Lipinski definition) is 0. The summed E-state index contributed by atoms with van der Waals surface area (Å²) in [5, 5.41) is 7.43. The molecule has 0 unspecified atom stereocenters. The minimum absolute atomic E-state index is 0.937. The lowest BCUT2D eigenvalue weighted by Crippen LogP contribution is -2.09. The highest BCUT2D eigenvalue weighted by atomic mass is 16.3. The molecule has 0 radical (unpaired) electrons. The molecule has 0 spiro atoms. The maximum absolute atomic E-state index is 6.62. The Morgan fingerprint density at radius 3 is 1.55 bits per heavy atom. The molecule has 9 rings (SSSR count). The van der Waals surface area contributed by atoms with Crippen molar-refractivity contribution in [2.75, 3.05) is 4.90 Å². The van der Waals surface area contributed by atoms with Gasteiger partial charge in [0.15, 0.2) is 0 Å². The van der Waals surface area contributed by atoms with Crippen LogP contribution in [0.3, 0.4) is 0 Å². The molecule has 0 amide bonds. The summed E-state index contributed by atoms with van der Waals surface area (Å²) in [4.78, 5) is 2.31. The fourth-order valence-electron chi connectivity index (χ4n) is 6.80. The maximum Gasteiger partial charge on any atom is 0.143 e. The van der Waals surface area contributed by atoms with Gasteiger partial charge in [-0.1, -0.05) is 115 Å². The van der Waals surface area contributed by atoms with Crippen LogP contribution >= 0.6 is 0 Å². The summed E-state index contributed by atoms with van der Waals surface area (Å²) >= 11 is 0. The molecule has 0 atom stereocenters. The van der Waals surface area contributed by atoms with Crippen molar-refractivity contribution in [3.8, 4) is 22.3 Å². The highest BCUT2D eigenvalue weighted by Gasteiger charge is 2.20. The topological polar surface area (TPSA) is 16.4 Å². The van der Waals surface area contributed by atoms with E-state index >= 15 is 0 Å². The van der Waals surface area contributed by atoms with Crippen LogP contribution in [0.1, 0.15) is 0 Å². The smallest absolute Gasteiger partial charge is 0.143 e. The third kappa shape index (κ3) is 3.82. The van der Waals surface area contributed by atoms with Gasteiger partial charge in [-0.25, -0.2) is 0 Å². The largest absolute Gasteiger partial charge is 0.455 e. The van der Waals surface area contributed by atoms with E-state index in [0.29, 0.717) is 0 Å². The van der Waals surface area contributed by atoms with Gasteiger partial charge in [0, 0.05) is 33.4 Å². The molecule has 2 nitrogen and oxygen atoms in total. The Kier molecular flexibility index (Phi) is 5.54. The van der Waals surface area contributed by atoms with Crippen molar-refractivity contribution in [1.29, 1.82) is 0 Å². The van der Waals surface area contributed by atoms with Crippen molar-refractivity contribution >= 4 is 60.5 Å². The van der Waals surface area contributed by atoms with Crippen molar-refractivity contribution in [2.24, 2.45) is 0 Å². The zero-order valence-corrected chi connectivity index (χ0v) is 23.9. The van der Waals surface area contributed by atoms with Crippen molar-refractivity contribution < 1.29 is 4.42 Å². The quantitative estimate of drug-likeness (QED) is 0.194. The molecule has 0 aliphatic carbocycles. The summed E-state index contributed by atoms with van der Waals surface area (Å²) in [6.45, 7) is 0. The first kappa shape index (κ1) is 24.7. The van der Waals surface area contributed by atoms with E-state index in [-0.39, 0.29) is 0 Å². The number of anilines is 3. The first-order valence-corrected chi connectivity index (χ1v) is 15.0. The molecule has 0 bridgehead atoms. The highest BCUT2D eigenvalue weighted by Crippen LogP contribution is 2.46. The number of para-hydroxylation sites is 1. The van der Waals surface area contributed by atoms with E-state index in [1.165, 1.54) is 43.4 Å². The van der Waals surface area contributed by atoms with Crippen LogP contribution in [0.2, 0.25) is 0 Å². The molecule has 0 saturated carbocycles. The van der Waals surface area contributed by atoms with Gasteiger partial charge in [0.05, 0.1) is 0 Å². The summed E-state index contributed by atoms with van der Waals surface area (Å²) < 4.78 is 6.62. The first-order valence-electron chi connectivity index (χ1n) is 15.0. The Labute approximate surface area is 255 Å². The predicted molar refractivity (Wildman–Crippen MR) is 185 cm³/mol. The second-order valence-electron chi connectivity index (χ2n) is 11.3. The van der Waals surface area contributed by atoms with E-state index in [4.69, 9.17) is 4.42 Å². The summed E-state index contributed by atoms with van der Waals surface area (Å²) in [6, 6.07) is 58.3. The van der Waals surface area contributed by atoms with E-state index in [1.807, 2.05) is 0 Å². The van der Waals surface area contributed by atoms with Gasteiger partial charge in [-0.2, -0.15) is 0 Å². The van der Waals surface area contributed by atoms with Crippen LogP contribution in [0.4, 0.5) is 17.1 Å². The minimum atomic E-state index is 0.937. The van der Waals surface area contributed by atoms with Crippen LogP contribution in [0.5, 0.6) is 0 Å². The van der Waals surface area contributed by atoms with Crippen molar-refractivity contribution in [1.82, 2.24) is 0 Å². The van der Waals surface area contributed by atoms with Crippen LogP contribution in [0.25, 0.3) is 65.7 Å². The fourth-order valence-corrected chi connectivity index (χ4v) is 6.80. The SMILES string of the molecule is c1ccc(-c2ccc(N(c3ccccc3)c3ccc(-c4ccc5c6ccccc6c6cccc7oc4c5c76)cc3)cc2)cc1. The highest BCUT2D eigenvalue weighted by molar-refractivity contribution is 6.34. The van der Waals surface area contributed by atoms with Crippen molar-refractivity contribution in [3.63, 3.8) is 0 Å². The molecule has 0 aliphatic rings. The average Bonchev–Trinajstić information content (AvgIpc) is 3.50. The molecular weight excluding hydrogens is 534 g/mol. The van der Waals surface area contributed by atoms with Crippen molar-refractivity contribution in [3.05, 3.63) is 164 Å². The third-order valence-electron chi connectivity index (χ3n) is 8.84. The van der Waals surface area contributed by atoms with Crippen LogP contribution in [-0.4, -0.2) is 0 Å². The van der Waals surface area contributed by atoms with Gasteiger partial charge in [-0.3, -0.25) is 0 Å². The molecule has 44 heavy (non-hydrogen) atoms. The van der Waals surface area contributed by atoms with E-state index in [2.05, 4.69) is 169 Å². The summed E-state index contributed by atoms with van der Waals surface area (Å²) in [5.74, 6) is 0. The Morgan fingerprint density at radius 1 is 0.341 bits per heavy atom. The molecule has 0 aliphatic heterocycles. The van der Waals surface area contributed by atoms with Gasteiger partial charge in [-0.15, -0.1) is 0 Å². The molecule has 9 aromatic rings. The second-order valence-corrected chi connectivity index (χ2v) is 11.3. The van der Waals surface area contributed by atoms with Gasteiger partial charge in [0.1, 0.15) is 11.2 Å². The predicted octanol–water partition coefficient (Wildman–Crippen LogP) is 12.1. The first-order chi connectivity index (χ1) is 21.8. The minimum Gasteiger partial charge on any atom is -0.455 e. The molecule has 8 aromatic carbocycles. The molecule has 0 fully saturated rings. The Morgan fingerprint density at radius 2 is 0.864 bits per heavy atom. The van der Waals surface area contributed by atoms with Gasteiger partial charge < -0.3 is 9.32 Å². The monoisotopic (exact) mass is 561 g/mol. The number of furan rings is 1. The van der Waals surface area contributed by atoms with Crippen molar-refractivity contribution in [2.45, 2.75) is 0 Å². The maximum atomic E-state index is 6.62. The molecule has 1 aromatic heterocycles. The van der Waals surface area contributed by atoms with E-state index in [1.54, 1.807) is 0 Å². The lowest BCUT2D eigenvalue weighted by atomic mass is 9.92. The number of nitrogens with zero attached hydrogens (tertiary/aromatic N) is 1. The van der Waals surface area contributed by atoms with Crippen LogP contribution in [-0.2, 0) is 0 Å². The number of fused-ring (bicyclic) bond motifs is 3. The zero-order valence-electron chi connectivity index (χ0n) is 23.9. The van der Waals surface area contributed by atoms with Crippen LogP contribution in [0.15, 0.2) is 168 Å². The lowest BCUT2D eigenvalue weighted by molar-refractivity contribution is 0.670. The molecule has 0 saturated heterocycles. The standard InChI is InChI=1S/C42H27NO/c1-3-10-28(11-4-1)29-18-22-32(23-19-29)43(31-12-5-2-6-13-31)33-24-20-30(21-25-33)34-26-27-38-36-15-8-7-14-35(36)37-16-9-17-39-40(37)41(38)42(34)44-39/h1-27H. The Hall–Kier alpha value is -5.86. The van der Waals surface area contributed by atoms with Gasteiger partial charge in [0.25, 0.3) is 0 Å². The van der Waals surface area contributed by atoms with Gasteiger partial charge in [0.2, 0.25) is 0 Å². The molecule has 1 heterocycles. The third-order valence-corrected chi connectivity index (χ3v) is 8.84. The Balaban J connectivity index is 1.16. The molecule has 0 N–H and O–H groups in total. The summed E-state index contributed by atoms with van der Waals surface area (Å²) in [5.41, 5.74) is 9.87. The van der Waals surface area contributed by atoms with E-state index < -0.39 is 0 Å². The fraction of sp³-hybridized carbons (Fsp3) is 0.